The Bertz CT molecular complexity index is 500. The lowest BCUT2D eigenvalue weighted by atomic mass is 10.3. The zero-order chi connectivity index (χ0) is 12.8. The van der Waals surface area contributed by atoms with Crippen molar-refractivity contribution in [2.24, 2.45) is 0 Å². The molecule has 2 N–H and O–H groups in total. The summed E-state index contributed by atoms with van der Waals surface area (Å²) in [6.07, 6.45) is 2.55. The lowest BCUT2D eigenvalue weighted by Crippen LogP contribution is -2.01. The Hall–Kier alpha value is -1.59. The van der Waals surface area contributed by atoms with Crippen LogP contribution in [0.2, 0.25) is 5.02 Å². The molecule has 1 aromatic heterocycles. The molecule has 0 atom stereocenters. The van der Waals surface area contributed by atoms with E-state index in [9.17, 15) is 0 Å². The zero-order valence-corrected chi connectivity index (χ0v) is 10.6. The molecule has 0 bridgehead atoms. The standard InChI is InChI=1S/C12H15ClN4O/c13-10-3-1-4-11(7-10)14-8-12-9-17(16-15-12)5-2-6-18/h1,3-4,7,9,14,18H,2,5-6,8H2. The van der Waals surface area contributed by atoms with Crippen LogP contribution < -0.4 is 5.32 Å². The fourth-order valence-corrected chi connectivity index (χ4v) is 1.74. The van der Waals surface area contributed by atoms with Crippen LogP contribution in [0.15, 0.2) is 30.5 Å². The second-order valence-corrected chi connectivity index (χ2v) is 4.35. The molecule has 2 rings (SSSR count). The summed E-state index contributed by atoms with van der Waals surface area (Å²) >= 11 is 5.89. The first-order valence-electron chi connectivity index (χ1n) is 5.77. The van der Waals surface area contributed by atoms with E-state index in [0.29, 0.717) is 24.5 Å². The molecular weight excluding hydrogens is 252 g/mol. The number of aliphatic hydroxyl groups is 1. The molecule has 1 aromatic carbocycles. The van der Waals surface area contributed by atoms with Gasteiger partial charge in [0.25, 0.3) is 0 Å². The molecule has 96 valence electrons. The van der Waals surface area contributed by atoms with Gasteiger partial charge in [0.1, 0.15) is 5.69 Å². The second kappa shape index (κ2) is 6.37. The number of halogens is 1. The van der Waals surface area contributed by atoms with Crippen LogP contribution in [0.3, 0.4) is 0 Å². The highest BCUT2D eigenvalue weighted by molar-refractivity contribution is 6.30. The summed E-state index contributed by atoms with van der Waals surface area (Å²) in [7, 11) is 0. The van der Waals surface area contributed by atoms with E-state index in [1.54, 1.807) is 4.68 Å². The molecule has 0 amide bonds. The molecule has 0 aliphatic heterocycles. The maximum atomic E-state index is 8.73. The van der Waals surface area contributed by atoms with Gasteiger partial charge in [0, 0.05) is 23.9 Å². The van der Waals surface area contributed by atoms with Crippen molar-refractivity contribution >= 4 is 17.3 Å². The van der Waals surface area contributed by atoms with Crippen molar-refractivity contribution < 1.29 is 5.11 Å². The monoisotopic (exact) mass is 266 g/mol. The maximum absolute atomic E-state index is 8.73. The summed E-state index contributed by atoms with van der Waals surface area (Å²) in [6, 6.07) is 7.53. The minimum Gasteiger partial charge on any atom is -0.396 e. The van der Waals surface area contributed by atoms with Gasteiger partial charge in [-0.25, -0.2) is 0 Å². The Morgan fingerprint density at radius 2 is 2.28 bits per heavy atom. The summed E-state index contributed by atoms with van der Waals surface area (Å²) < 4.78 is 1.73. The number of aromatic nitrogens is 3. The van der Waals surface area contributed by atoms with Gasteiger partial charge in [0.2, 0.25) is 0 Å². The smallest absolute Gasteiger partial charge is 0.102 e. The summed E-state index contributed by atoms with van der Waals surface area (Å²) in [5.74, 6) is 0. The fraction of sp³-hybridized carbons (Fsp3) is 0.333. The highest BCUT2D eigenvalue weighted by atomic mass is 35.5. The highest BCUT2D eigenvalue weighted by Gasteiger charge is 2.00. The van der Waals surface area contributed by atoms with Crippen LogP contribution in [0, 0.1) is 0 Å². The number of hydrogen-bond acceptors (Lipinski definition) is 4. The first-order chi connectivity index (χ1) is 8.78. The van der Waals surface area contributed by atoms with E-state index in [2.05, 4.69) is 15.6 Å². The second-order valence-electron chi connectivity index (χ2n) is 3.91. The SMILES string of the molecule is OCCCn1cc(CNc2cccc(Cl)c2)nn1. The number of nitrogens with one attached hydrogen (secondary N) is 1. The van der Waals surface area contributed by atoms with E-state index >= 15 is 0 Å². The van der Waals surface area contributed by atoms with Gasteiger partial charge >= 0.3 is 0 Å². The maximum Gasteiger partial charge on any atom is 0.102 e. The molecule has 0 spiro atoms. The van der Waals surface area contributed by atoms with Crippen LogP contribution in [0.4, 0.5) is 5.69 Å². The van der Waals surface area contributed by atoms with Gasteiger partial charge < -0.3 is 10.4 Å². The van der Waals surface area contributed by atoms with Gasteiger partial charge in [-0.05, 0) is 24.6 Å². The van der Waals surface area contributed by atoms with Crippen molar-refractivity contribution in [2.45, 2.75) is 19.5 Å². The van der Waals surface area contributed by atoms with Crippen LogP contribution >= 0.6 is 11.6 Å². The zero-order valence-electron chi connectivity index (χ0n) is 9.88. The van der Waals surface area contributed by atoms with Crippen LogP contribution in [0.5, 0.6) is 0 Å². The summed E-state index contributed by atoms with van der Waals surface area (Å²) in [6.45, 7) is 1.44. The van der Waals surface area contributed by atoms with E-state index in [4.69, 9.17) is 16.7 Å². The predicted molar refractivity (Wildman–Crippen MR) is 70.5 cm³/mol. The molecule has 6 heteroatoms. The fourth-order valence-electron chi connectivity index (χ4n) is 1.55. The van der Waals surface area contributed by atoms with E-state index in [1.807, 2.05) is 30.5 Å². The molecule has 5 nitrogen and oxygen atoms in total. The molecule has 0 fully saturated rings. The molecule has 0 aliphatic carbocycles. The van der Waals surface area contributed by atoms with Gasteiger partial charge in [-0.3, -0.25) is 4.68 Å². The number of aliphatic hydroxyl groups excluding tert-OH is 1. The average molecular weight is 267 g/mol. The van der Waals surface area contributed by atoms with Gasteiger partial charge in [-0.2, -0.15) is 0 Å². The molecule has 0 saturated heterocycles. The predicted octanol–water partition coefficient (Wildman–Crippen LogP) is 1.93. The van der Waals surface area contributed by atoms with E-state index in [-0.39, 0.29) is 6.61 Å². The van der Waals surface area contributed by atoms with Gasteiger partial charge in [0.05, 0.1) is 12.7 Å². The molecular formula is C12H15ClN4O. The number of benzene rings is 1. The normalized spacial score (nSPS) is 10.6. The molecule has 0 saturated carbocycles. The molecule has 0 aliphatic rings. The average Bonchev–Trinajstić information content (AvgIpc) is 2.82. The first-order valence-corrected chi connectivity index (χ1v) is 6.15. The van der Waals surface area contributed by atoms with Crippen molar-refractivity contribution in [1.82, 2.24) is 15.0 Å². The van der Waals surface area contributed by atoms with E-state index in [1.165, 1.54) is 0 Å². The van der Waals surface area contributed by atoms with Crippen LogP contribution in [0.25, 0.3) is 0 Å². The largest absolute Gasteiger partial charge is 0.396 e. The van der Waals surface area contributed by atoms with Crippen LogP contribution in [-0.4, -0.2) is 26.7 Å². The lowest BCUT2D eigenvalue weighted by Gasteiger charge is -2.03. The van der Waals surface area contributed by atoms with Gasteiger partial charge in [-0.1, -0.05) is 22.9 Å². The van der Waals surface area contributed by atoms with Crippen molar-refractivity contribution in [1.29, 1.82) is 0 Å². The van der Waals surface area contributed by atoms with Crippen molar-refractivity contribution in [2.75, 3.05) is 11.9 Å². The van der Waals surface area contributed by atoms with Crippen molar-refractivity contribution in [3.8, 4) is 0 Å². The Kier molecular flexibility index (Phi) is 4.55. The molecule has 1 heterocycles. The lowest BCUT2D eigenvalue weighted by molar-refractivity contribution is 0.276. The minimum absolute atomic E-state index is 0.163. The first kappa shape index (κ1) is 12.9. The molecule has 18 heavy (non-hydrogen) atoms. The van der Waals surface area contributed by atoms with Gasteiger partial charge in [-0.15, -0.1) is 5.10 Å². The third-order valence-corrected chi connectivity index (χ3v) is 2.66. The number of aryl methyl sites for hydroxylation is 1. The molecule has 2 aromatic rings. The molecule has 0 radical (unpaired) electrons. The summed E-state index contributed by atoms with van der Waals surface area (Å²) in [5, 5.41) is 20.7. The highest BCUT2D eigenvalue weighted by Crippen LogP contribution is 2.15. The molecule has 0 unspecified atom stereocenters. The number of nitrogens with zero attached hydrogens (tertiary/aromatic N) is 3. The Morgan fingerprint density at radius 1 is 1.39 bits per heavy atom. The summed E-state index contributed by atoms with van der Waals surface area (Å²) in [4.78, 5) is 0. The third-order valence-electron chi connectivity index (χ3n) is 2.43. The van der Waals surface area contributed by atoms with Crippen LogP contribution in [0.1, 0.15) is 12.1 Å². The Labute approximate surface area is 110 Å². The topological polar surface area (TPSA) is 63.0 Å². The minimum atomic E-state index is 0.163. The van der Waals surface area contributed by atoms with Crippen molar-refractivity contribution in [3.63, 3.8) is 0 Å². The van der Waals surface area contributed by atoms with Crippen molar-refractivity contribution in [3.05, 3.63) is 41.2 Å². The van der Waals surface area contributed by atoms with E-state index < -0.39 is 0 Å². The van der Waals surface area contributed by atoms with Gasteiger partial charge in [0.15, 0.2) is 0 Å². The van der Waals surface area contributed by atoms with E-state index in [0.717, 1.165) is 11.4 Å². The Morgan fingerprint density at radius 3 is 3.06 bits per heavy atom. The third kappa shape index (κ3) is 3.72. The number of rotatable bonds is 6. The number of anilines is 1. The summed E-state index contributed by atoms with van der Waals surface area (Å²) in [5.41, 5.74) is 1.81. The quantitative estimate of drug-likeness (QED) is 0.839. The van der Waals surface area contributed by atoms with Crippen LogP contribution in [-0.2, 0) is 13.1 Å². The Balaban J connectivity index is 1.88. The number of hydrogen-bond donors (Lipinski definition) is 2.